The summed E-state index contributed by atoms with van der Waals surface area (Å²) >= 11 is 6.10. The first-order valence-electron chi connectivity index (χ1n) is 15.2. The van der Waals surface area contributed by atoms with Crippen molar-refractivity contribution in [1.82, 2.24) is 15.5 Å². The number of rotatable bonds is 11. The van der Waals surface area contributed by atoms with Crippen molar-refractivity contribution in [3.63, 3.8) is 0 Å². The van der Waals surface area contributed by atoms with Gasteiger partial charge in [0.1, 0.15) is 6.61 Å². The van der Waals surface area contributed by atoms with Crippen LogP contribution in [0.5, 0.6) is 0 Å². The van der Waals surface area contributed by atoms with Crippen LogP contribution in [0.15, 0.2) is 97.1 Å². The second-order valence-corrected chi connectivity index (χ2v) is 11.7. The van der Waals surface area contributed by atoms with Crippen molar-refractivity contribution in [3.8, 4) is 0 Å². The lowest BCUT2D eigenvalue weighted by molar-refractivity contribution is -0.148. The highest BCUT2D eigenvalue weighted by molar-refractivity contribution is 6.31. The zero-order valence-corrected chi connectivity index (χ0v) is 25.6. The molecule has 1 aliphatic rings. The summed E-state index contributed by atoms with van der Waals surface area (Å²) in [6.07, 6.45) is 1.41. The molecular formula is C36H38ClN3O4. The average Bonchev–Trinajstić information content (AvgIpc) is 3.19. The highest BCUT2D eigenvalue weighted by Crippen LogP contribution is 2.23. The SMILES string of the molecule is CC[C@H](CN1CC[C@@H](CNC(=O)c2ccc3cc(Cl)ccc3c2)N[C@@H](CC(=O)OCc2ccccc2)C1=O)c1ccccc1. The molecule has 0 bridgehead atoms. The molecule has 4 aromatic rings. The zero-order valence-electron chi connectivity index (χ0n) is 24.9. The number of hydrogen-bond donors (Lipinski definition) is 2. The Morgan fingerprint density at radius 1 is 0.977 bits per heavy atom. The van der Waals surface area contributed by atoms with Gasteiger partial charge in [-0.15, -0.1) is 0 Å². The van der Waals surface area contributed by atoms with E-state index in [1.165, 1.54) is 5.56 Å². The molecule has 0 saturated carbocycles. The minimum atomic E-state index is -0.763. The Morgan fingerprint density at radius 2 is 1.68 bits per heavy atom. The Kier molecular flexibility index (Phi) is 10.6. The van der Waals surface area contributed by atoms with E-state index in [1.807, 2.05) is 77.7 Å². The van der Waals surface area contributed by atoms with Gasteiger partial charge in [0.15, 0.2) is 0 Å². The van der Waals surface area contributed by atoms with Crippen molar-refractivity contribution < 1.29 is 19.1 Å². The summed E-state index contributed by atoms with van der Waals surface area (Å²) in [5.74, 6) is -0.608. The fourth-order valence-electron chi connectivity index (χ4n) is 5.67. The molecule has 228 valence electrons. The van der Waals surface area contributed by atoms with Crippen LogP contribution in [-0.2, 0) is 20.9 Å². The second kappa shape index (κ2) is 15.0. The van der Waals surface area contributed by atoms with Gasteiger partial charge < -0.3 is 20.3 Å². The predicted molar refractivity (Wildman–Crippen MR) is 174 cm³/mol. The smallest absolute Gasteiger partial charge is 0.308 e. The van der Waals surface area contributed by atoms with Crippen LogP contribution in [0.25, 0.3) is 10.8 Å². The number of esters is 1. The number of ether oxygens (including phenoxy) is 1. The van der Waals surface area contributed by atoms with Gasteiger partial charge in [0.2, 0.25) is 5.91 Å². The molecule has 2 N–H and O–H groups in total. The maximum absolute atomic E-state index is 13.9. The number of fused-ring (bicyclic) bond motifs is 1. The lowest BCUT2D eigenvalue weighted by Crippen LogP contribution is -2.50. The standard InChI is InChI=1S/C36H38ClN3O4/c1-2-26(27-11-7-4-8-12-27)23-40-18-17-32(22-38-35(42)30-14-13-29-20-31(37)16-15-28(29)19-30)39-33(36(40)43)21-34(41)44-24-25-9-5-3-6-10-25/h3-16,19-20,26,32-33,39H,2,17-18,21-24H2,1H3,(H,38,42)/t26-,32+,33+/m1/s1. The number of nitrogens with one attached hydrogen (secondary N) is 2. The number of benzene rings is 4. The predicted octanol–water partition coefficient (Wildman–Crippen LogP) is 6.11. The molecule has 0 radical (unpaired) electrons. The topological polar surface area (TPSA) is 87.7 Å². The van der Waals surface area contributed by atoms with E-state index in [1.54, 1.807) is 12.1 Å². The first-order chi connectivity index (χ1) is 21.4. The first-order valence-corrected chi connectivity index (χ1v) is 15.5. The normalized spacial score (nSPS) is 17.6. The lowest BCUT2D eigenvalue weighted by atomic mass is 9.95. The largest absolute Gasteiger partial charge is 0.461 e. The van der Waals surface area contributed by atoms with Crippen LogP contribution >= 0.6 is 11.6 Å². The third kappa shape index (κ3) is 8.24. The monoisotopic (exact) mass is 611 g/mol. The fraction of sp³-hybridized carbons (Fsp3) is 0.306. The van der Waals surface area contributed by atoms with Gasteiger partial charge in [0.25, 0.3) is 5.91 Å². The van der Waals surface area contributed by atoms with Gasteiger partial charge in [0, 0.05) is 42.2 Å². The Morgan fingerprint density at radius 3 is 2.43 bits per heavy atom. The molecule has 0 unspecified atom stereocenters. The van der Waals surface area contributed by atoms with Crippen molar-refractivity contribution in [2.24, 2.45) is 0 Å². The summed E-state index contributed by atoms with van der Waals surface area (Å²) in [6.45, 7) is 3.65. The Bertz CT molecular complexity index is 1580. The van der Waals surface area contributed by atoms with E-state index in [0.29, 0.717) is 36.6 Å². The van der Waals surface area contributed by atoms with Gasteiger partial charge in [-0.3, -0.25) is 14.4 Å². The van der Waals surface area contributed by atoms with Gasteiger partial charge in [-0.25, -0.2) is 0 Å². The number of nitrogens with zero attached hydrogens (tertiary/aromatic N) is 1. The molecule has 1 heterocycles. The summed E-state index contributed by atoms with van der Waals surface area (Å²) in [7, 11) is 0. The van der Waals surface area contributed by atoms with Gasteiger partial charge in [-0.05, 0) is 59.0 Å². The van der Waals surface area contributed by atoms with Crippen LogP contribution in [-0.4, -0.2) is 54.4 Å². The van der Waals surface area contributed by atoms with Crippen molar-refractivity contribution in [3.05, 3.63) is 119 Å². The molecule has 0 aromatic heterocycles. The van der Waals surface area contributed by atoms with Crippen molar-refractivity contribution in [1.29, 1.82) is 0 Å². The molecule has 0 spiro atoms. The van der Waals surface area contributed by atoms with Crippen molar-refractivity contribution in [2.45, 2.75) is 50.8 Å². The molecule has 3 atom stereocenters. The van der Waals surface area contributed by atoms with Gasteiger partial charge in [-0.1, -0.05) is 91.3 Å². The summed E-state index contributed by atoms with van der Waals surface area (Å²) < 4.78 is 5.53. The summed E-state index contributed by atoms with van der Waals surface area (Å²) in [6, 6.07) is 29.7. The third-order valence-corrected chi connectivity index (χ3v) is 8.42. The molecule has 1 aliphatic heterocycles. The zero-order chi connectivity index (χ0) is 30.9. The Balaban J connectivity index is 1.27. The first kappa shape index (κ1) is 31.2. The molecule has 5 rings (SSSR count). The van der Waals surface area contributed by atoms with E-state index in [2.05, 4.69) is 29.7 Å². The molecular weight excluding hydrogens is 574 g/mol. The maximum atomic E-state index is 13.9. The molecule has 0 aliphatic carbocycles. The van der Waals surface area contributed by atoms with Gasteiger partial charge >= 0.3 is 5.97 Å². The number of carbonyl (C=O) groups is 3. The van der Waals surface area contributed by atoms with E-state index in [-0.39, 0.29) is 36.8 Å². The van der Waals surface area contributed by atoms with Crippen LogP contribution in [0.4, 0.5) is 0 Å². The minimum Gasteiger partial charge on any atom is -0.461 e. The van der Waals surface area contributed by atoms with E-state index < -0.39 is 12.0 Å². The average molecular weight is 612 g/mol. The number of amides is 2. The summed E-state index contributed by atoms with van der Waals surface area (Å²) in [4.78, 5) is 41.8. The van der Waals surface area contributed by atoms with E-state index in [0.717, 1.165) is 22.8 Å². The molecule has 7 nitrogen and oxygen atoms in total. The van der Waals surface area contributed by atoms with Crippen LogP contribution in [0, 0.1) is 0 Å². The van der Waals surface area contributed by atoms with E-state index >= 15 is 0 Å². The fourth-order valence-corrected chi connectivity index (χ4v) is 5.85. The number of halogens is 1. The second-order valence-electron chi connectivity index (χ2n) is 11.3. The van der Waals surface area contributed by atoms with Crippen LogP contribution < -0.4 is 10.6 Å². The van der Waals surface area contributed by atoms with E-state index in [9.17, 15) is 14.4 Å². The number of hydrogen-bond acceptors (Lipinski definition) is 5. The summed E-state index contributed by atoms with van der Waals surface area (Å²) in [5.41, 5.74) is 2.61. The minimum absolute atomic E-state index is 0.0953. The van der Waals surface area contributed by atoms with Gasteiger partial charge in [-0.2, -0.15) is 0 Å². The lowest BCUT2D eigenvalue weighted by Gasteiger charge is -2.28. The molecule has 44 heavy (non-hydrogen) atoms. The van der Waals surface area contributed by atoms with Crippen molar-refractivity contribution >= 4 is 40.2 Å². The third-order valence-electron chi connectivity index (χ3n) is 8.19. The quantitative estimate of drug-likeness (QED) is 0.200. The summed E-state index contributed by atoms with van der Waals surface area (Å²) in [5, 5.41) is 8.93. The van der Waals surface area contributed by atoms with Crippen molar-refractivity contribution in [2.75, 3.05) is 19.6 Å². The van der Waals surface area contributed by atoms with Gasteiger partial charge in [0.05, 0.1) is 12.5 Å². The van der Waals surface area contributed by atoms with Crippen LogP contribution in [0.3, 0.4) is 0 Å². The Labute approximate surface area is 263 Å². The molecule has 8 heteroatoms. The van der Waals surface area contributed by atoms with Crippen LogP contribution in [0.1, 0.15) is 53.6 Å². The van der Waals surface area contributed by atoms with Crippen LogP contribution in [0.2, 0.25) is 5.02 Å². The van der Waals surface area contributed by atoms with E-state index in [4.69, 9.17) is 16.3 Å². The Hall–Kier alpha value is -4.20. The highest BCUT2D eigenvalue weighted by atomic mass is 35.5. The molecule has 1 fully saturated rings. The highest BCUT2D eigenvalue weighted by Gasteiger charge is 2.34. The molecule has 2 amide bonds. The molecule has 1 saturated heterocycles. The maximum Gasteiger partial charge on any atom is 0.308 e. The molecule has 4 aromatic carbocycles. The number of carbonyl (C=O) groups excluding carboxylic acids is 3.